The predicted molar refractivity (Wildman–Crippen MR) is 121 cm³/mol. The topological polar surface area (TPSA) is 88.1 Å². The van der Waals surface area contributed by atoms with Gasteiger partial charge in [0.05, 0.1) is 10.4 Å². The maximum absolute atomic E-state index is 13.7. The zero-order valence-corrected chi connectivity index (χ0v) is 18.9. The highest BCUT2D eigenvalue weighted by Gasteiger charge is 2.42. The van der Waals surface area contributed by atoms with E-state index in [4.69, 9.17) is 11.6 Å². The molecule has 11 heteroatoms. The Labute approximate surface area is 197 Å². The van der Waals surface area contributed by atoms with E-state index >= 15 is 0 Å². The van der Waals surface area contributed by atoms with Crippen molar-refractivity contribution in [3.05, 3.63) is 60.3 Å². The van der Waals surface area contributed by atoms with Crippen molar-refractivity contribution in [1.29, 1.82) is 0 Å². The Hall–Kier alpha value is -2.98. The van der Waals surface area contributed by atoms with Gasteiger partial charge in [-0.2, -0.15) is 0 Å². The molecule has 1 aliphatic rings. The minimum atomic E-state index is -2.82. The summed E-state index contributed by atoms with van der Waals surface area (Å²) in [5, 5.41) is 2.68. The number of alkyl halides is 3. The summed E-state index contributed by atoms with van der Waals surface area (Å²) in [6.07, 6.45) is 5.29. The van der Waals surface area contributed by atoms with Gasteiger partial charge < -0.3 is 5.32 Å². The zero-order chi connectivity index (χ0) is 23.4. The molecule has 0 bridgehead atoms. The summed E-state index contributed by atoms with van der Waals surface area (Å²) in [7, 11) is 0. The van der Waals surface area contributed by atoms with Crippen molar-refractivity contribution in [1.82, 2.24) is 20.3 Å². The fourth-order valence-corrected chi connectivity index (χ4v) is 4.63. The molecule has 1 N–H and O–H groups in total. The predicted octanol–water partition coefficient (Wildman–Crippen LogP) is 4.22. The third-order valence-electron chi connectivity index (χ3n) is 5.40. The first-order valence-electron chi connectivity index (χ1n) is 10.2. The summed E-state index contributed by atoms with van der Waals surface area (Å²) >= 11 is 7.37. The Bertz CT molecular complexity index is 1100. The van der Waals surface area contributed by atoms with Crippen molar-refractivity contribution < 1.29 is 18.4 Å². The third-order valence-corrected chi connectivity index (χ3v) is 6.45. The van der Waals surface area contributed by atoms with Crippen LogP contribution < -0.4 is 10.2 Å². The number of nitrogens with zero attached hydrogens (tertiary/aromatic N) is 4. The second-order valence-corrected chi connectivity index (χ2v) is 8.84. The van der Waals surface area contributed by atoms with Gasteiger partial charge in [-0.05, 0) is 24.1 Å². The highest BCUT2D eigenvalue weighted by Crippen LogP contribution is 2.36. The highest BCUT2D eigenvalue weighted by molar-refractivity contribution is 7.13. The van der Waals surface area contributed by atoms with E-state index in [1.54, 1.807) is 23.8 Å². The molecular formula is C22H20ClF2N5O2S. The Morgan fingerprint density at radius 1 is 1.18 bits per heavy atom. The molecule has 0 spiro atoms. The monoisotopic (exact) mass is 491 g/mol. The van der Waals surface area contributed by atoms with Crippen LogP contribution in [-0.4, -0.2) is 44.6 Å². The van der Waals surface area contributed by atoms with E-state index in [0.29, 0.717) is 11.3 Å². The first-order chi connectivity index (χ1) is 15.9. The quantitative estimate of drug-likeness (QED) is 0.500. The molecule has 0 aliphatic heterocycles. The number of thiazole rings is 1. The van der Waals surface area contributed by atoms with Crippen LogP contribution in [-0.2, 0) is 9.59 Å². The van der Waals surface area contributed by atoms with Crippen LogP contribution in [0.1, 0.15) is 30.9 Å². The number of carbonyl (C=O) groups is 2. The van der Waals surface area contributed by atoms with Gasteiger partial charge in [-0.3, -0.25) is 19.5 Å². The first kappa shape index (κ1) is 23.2. The molecule has 1 aromatic carbocycles. The number of benzene rings is 1. The largest absolute Gasteiger partial charge is 0.351 e. The fourth-order valence-electron chi connectivity index (χ4n) is 3.87. The lowest BCUT2D eigenvalue weighted by Gasteiger charge is -2.31. The van der Waals surface area contributed by atoms with Crippen LogP contribution in [0.5, 0.6) is 0 Å². The van der Waals surface area contributed by atoms with Crippen molar-refractivity contribution in [3.8, 4) is 10.4 Å². The molecule has 1 unspecified atom stereocenters. The molecule has 0 radical (unpaired) electrons. The fraction of sp³-hybridized carbons (Fsp3) is 0.318. The van der Waals surface area contributed by atoms with Gasteiger partial charge in [0.1, 0.15) is 18.2 Å². The Balaban J connectivity index is 1.68. The molecule has 1 saturated carbocycles. The van der Waals surface area contributed by atoms with E-state index in [1.165, 1.54) is 35.0 Å². The van der Waals surface area contributed by atoms with Crippen LogP contribution >= 0.6 is 22.9 Å². The second-order valence-electron chi connectivity index (χ2n) is 7.69. The molecule has 2 atom stereocenters. The zero-order valence-electron chi connectivity index (χ0n) is 17.3. The number of aromatic nitrogens is 3. The molecule has 4 rings (SSSR count). The van der Waals surface area contributed by atoms with Gasteiger partial charge in [0.15, 0.2) is 0 Å². The van der Waals surface area contributed by atoms with E-state index in [1.807, 2.05) is 12.1 Å². The van der Waals surface area contributed by atoms with Gasteiger partial charge >= 0.3 is 0 Å². The highest BCUT2D eigenvalue weighted by atomic mass is 35.5. The minimum absolute atomic E-state index is 0.156. The Morgan fingerprint density at radius 3 is 2.48 bits per heavy atom. The summed E-state index contributed by atoms with van der Waals surface area (Å²) in [6.45, 7) is 0. The molecule has 1 fully saturated rings. The summed E-state index contributed by atoms with van der Waals surface area (Å²) < 4.78 is 27.3. The molecular weight excluding hydrogens is 472 g/mol. The Morgan fingerprint density at radius 2 is 1.91 bits per heavy atom. The smallest absolute Gasteiger partial charge is 0.250 e. The second kappa shape index (κ2) is 9.88. The van der Waals surface area contributed by atoms with Gasteiger partial charge in [-0.15, -0.1) is 22.9 Å². The van der Waals surface area contributed by atoms with E-state index in [0.717, 1.165) is 10.4 Å². The molecule has 172 valence electrons. The summed E-state index contributed by atoms with van der Waals surface area (Å²) in [5.74, 6) is -4.32. The van der Waals surface area contributed by atoms with E-state index in [9.17, 15) is 18.4 Å². The summed E-state index contributed by atoms with van der Waals surface area (Å²) in [4.78, 5) is 40.5. The van der Waals surface area contributed by atoms with Crippen LogP contribution in [0.4, 0.5) is 14.5 Å². The van der Waals surface area contributed by atoms with Gasteiger partial charge in [0, 0.05) is 48.7 Å². The number of hydrogen-bond acceptors (Lipinski definition) is 6. The SMILES string of the molecule is O=C(NC1CCC(F)(F)C1)[C@H](c1cncnc1)N(C(=O)CCl)c1ccc(-c2cncs2)cc1. The number of nitrogens with one attached hydrogen (secondary N) is 1. The minimum Gasteiger partial charge on any atom is -0.351 e. The number of amides is 2. The molecule has 7 nitrogen and oxygen atoms in total. The van der Waals surface area contributed by atoms with E-state index < -0.39 is 36.2 Å². The van der Waals surface area contributed by atoms with Gasteiger partial charge in [-0.25, -0.2) is 18.7 Å². The number of anilines is 1. The van der Waals surface area contributed by atoms with E-state index in [-0.39, 0.29) is 18.7 Å². The molecule has 0 saturated heterocycles. The average Bonchev–Trinajstić information content (AvgIpc) is 3.47. The van der Waals surface area contributed by atoms with Crippen LogP contribution in [0.25, 0.3) is 10.4 Å². The maximum Gasteiger partial charge on any atom is 0.250 e. The molecule has 3 aromatic rings. The molecule has 2 aromatic heterocycles. The van der Waals surface area contributed by atoms with Crippen molar-refractivity contribution in [3.63, 3.8) is 0 Å². The standard InChI is InChI=1S/C22H20ClF2N5O2S/c23-8-19(31)30(17-3-1-14(2-4-17)18-11-28-13-33-18)20(15-9-26-12-27-10-15)21(32)29-16-5-6-22(24,25)7-16/h1-4,9-13,16,20H,5-8H2,(H,29,32)/t16?,20-/m0/s1. The van der Waals surface area contributed by atoms with Crippen LogP contribution in [0.15, 0.2) is 54.7 Å². The summed E-state index contributed by atoms with van der Waals surface area (Å²) in [6, 6.07) is 5.15. The lowest BCUT2D eigenvalue weighted by molar-refractivity contribution is -0.126. The summed E-state index contributed by atoms with van der Waals surface area (Å²) in [5.41, 5.74) is 3.38. The van der Waals surface area contributed by atoms with Gasteiger partial charge in [-0.1, -0.05) is 12.1 Å². The first-order valence-corrected chi connectivity index (χ1v) is 11.6. The maximum atomic E-state index is 13.7. The van der Waals surface area contributed by atoms with Gasteiger partial charge in [0.2, 0.25) is 17.7 Å². The number of halogens is 3. The average molecular weight is 492 g/mol. The molecule has 2 amide bonds. The number of rotatable bonds is 7. The van der Waals surface area contributed by atoms with Crippen molar-refractivity contribution in [2.75, 3.05) is 10.8 Å². The number of carbonyl (C=O) groups excluding carboxylic acids is 2. The van der Waals surface area contributed by atoms with Crippen molar-refractivity contribution in [2.24, 2.45) is 0 Å². The van der Waals surface area contributed by atoms with E-state index in [2.05, 4.69) is 20.3 Å². The number of hydrogen-bond donors (Lipinski definition) is 1. The van der Waals surface area contributed by atoms with Crippen molar-refractivity contribution in [2.45, 2.75) is 37.3 Å². The van der Waals surface area contributed by atoms with Crippen LogP contribution in [0.3, 0.4) is 0 Å². The molecule has 1 aliphatic carbocycles. The van der Waals surface area contributed by atoms with Gasteiger partial charge in [0.25, 0.3) is 0 Å². The lowest BCUT2D eigenvalue weighted by Crippen LogP contribution is -2.47. The van der Waals surface area contributed by atoms with Crippen LogP contribution in [0.2, 0.25) is 0 Å². The Kier molecular flexibility index (Phi) is 6.94. The lowest BCUT2D eigenvalue weighted by atomic mass is 10.0. The normalized spacial score (nSPS) is 18.0. The third kappa shape index (κ3) is 5.33. The van der Waals surface area contributed by atoms with Crippen molar-refractivity contribution >= 4 is 40.4 Å². The molecule has 33 heavy (non-hydrogen) atoms. The van der Waals surface area contributed by atoms with Crippen LogP contribution in [0, 0.1) is 0 Å². The molecule has 2 heterocycles.